The van der Waals surface area contributed by atoms with E-state index in [2.05, 4.69) is 4.98 Å². The molecule has 1 aromatic carbocycles. The highest BCUT2D eigenvalue weighted by Gasteiger charge is 2.02. The minimum absolute atomic E-state index is 0.0395. The molecule has 0 spiro atoms. The van der Waals surface area contributed by atoms with Crippen LogP contribution in [0.2, 0.25) is 5.15 Å². The van der Waals surface area contributed by atoms with E-state index < -0.39 is 5.82 Å². The first kappa shape index (κ1) is 10.7. The van der Waals surface area contributed by atoms with Gasteiger partial charge in [0, 0.05) is 18.3 Å². The Hall–Kier alpha value is -1.81. The number of nitrogens with zero attached hydrogens (tertiary/aromatic N) is 1. The third kappa shape index (κ3) is 2.41. The summed E-state index contributed by atoms with van der Waals surface area (Å²) in [7, 11) is 0. The predicted octanol–water partition coefficient (Wildman–Crippen LogP) is 3.25. The van der Waals surface area contributed by atoms with Gasteiger partial charge in [-0.1, -0.05) is 11.6 Å². The first-order chi connectivity index (χ1) is 7.65. The summed E-state index contributed by atoms with van der Waals surface area (Å²) in [6.45, 7) is 0. The van der Waals surface area contributed by atoms with E-state index in [1.165, 1.54) is 24.4 Å². The zero-order valence-corrected chi connectivity index (χ0v) is 8.91. The molecule has 0 bridgehead atoms. The lowest BCUT2D eigenvalue weighted by Gasteiger charge is -2.06. The number of ether oxygens (including phenoxy) is 1. The van der Waals surface area contributed by atoms with Crippen molar-refractivity contribution >= 4 is 17.3 Å². The van der Waals surface area contributed by atoms with Crippen LogP contribution in [-0.4, -0.2) is 4.98 Å². The highest BCUT2D eigenvalue weighted by Crippen LogP contribution is 2.25. The Kier molecular flexibility index (Phi) is 2.92. The molecular formula is C11H8ClFN2O. The summed E-state index contributed by atoms with van der Waals surface area (Å²) in [5.74, 6) is 0.493. The van der Waals surface area contributed by atoms with Crippen molar-refractivity contribution < 1.29 is 9.13 Å². The largest absolute Gasteiger partial charge is 0.457 e. The molecule has 0 radical (unpaired) electrons. The van der Waals surface area contributed by atoms with Crippen molar-refractivity contribution in [3.05, 3.63) is 47.5 Å². The van der Waals surface area contributed by atoms with E-state index in [9.17, 15) is 4.39 Å². The summed E-state index contributed by atoms with van der Waals surface area (Å²) in [4.78, 5) is 3.81. The summed E-state index contributed by atoms with van der Waals surface area (Å²) >= 11 is 5.69. The van der Waals surface area contributed by atoms with Gasteiger partial charge in [0.05, 0.1) is 5.69 Å². The van der Waals surface area contributed by atoms with E-state index >= 15 is 0 Å². The van der Waals surface area contributed by atoms with Gasteiger partial charge in [-0.05, 0) is 18.2 Å². The maximum absolute atomic E-state index is 12.9. The number of nitrogen functional groups attached to an aromatic ring is 1. The number of hydrogen-bond acceptors (Lipinski definition) is 3. The molecule has 0 fully saturated rings. The van der Waals surface area contributed by atoms with E-state index in [4.69, 9.17) is 22.1 Å². The number of pyridine rings is 1. The third-order valence-electron chi connectivity index (χ3n) is 1.90. The number of benzene rings is 1. The van der Waals surface area contributed by atoms with E-state index in [0.717, 1.165) is 0 Å². The molecule has 16 heavy (non-hydrogen) atoms. The maximum Gasteiger partial charge on any atom is 0.146 e. The number of anilines is 1. The van der Waals surface area contributed by atoms with Crippen LogP contribution >= 0.6 is 11.6 Å². The van der Waals surface area contributed by atoms with Crippen molar-refractivity contribution in [2.45, 2.75) is 0 Å². The summed E-state index contributed by atoms with van der Waals surface area (Å²) in [6.07, 6.45) is 1.52. The number of aromatic nitrogens is 1. The van der Waals surface area contributed by atoms with Gasteiger partial charge in [0.25, 0.3) is 0 Å². The molecule has 0 aliphatic carbocycles. The Labute approximate surface area is 96.6 Å². The lowest BCUT2D eigenvalue weighted by atomic mass is 10.3. The third-order valence-corrected chi connectivity index (χ3v) is 2.11. The maximum atomic E-state index is 12.9. The molecule has 2 aromatic rings. The minimum atomic E-state index is -0.472. The second kappa shape index (κ2) is 4.37. The number of rotatable bonds is 2. The molecule has 2 N–H and O–H groups in total. The van der Waals surface area contributed by atoms with Gasteiger partial charge in [-0.3, -0.25) is 0 Å². The molecule has 0 aliphatic heterocycles. The number of halogens is 2. The van der Waals surface area contributed by atoms with Gasteiger partial charge in [0.15, 0.2) is 0 Å². The van der Waals surface area contributed by atoms with Crippen molar-refractivity contribution in [1.29, 1.82) is 0 Å². The molecule has 1 heterocycles. The summed E-state index contributed by atoms with van der Waals surface area (Å²) in [5.41, 5.74) is 5.45. The molecule has 0 saturated heterocycles. The molecule has 3 nitrogen and oxygen atoms in total. The second-order valence-electron chi connectivity index (χ2n) is 3.10. The second-order valence-corrected chi connectivity index (χ2v) is 3.49. The smallest absolute Gasteiger partial charge is 0.146 e. The quantitative estimate of drug-likeness (QED) is 0.645. The molecule has 0 saturated carbocycles. The Morgan fingerprint density at radius 1 is 1.19 bits per heavy atom. The van der Waals surface area contributed by atoms with Crippen LogP contribution in [0.5, 0.6) is 11.5 Å². The molecule has 2 rings (SSSR count). The fourth-order valence-electron chi connectivity index (χ4n) is 1.17. The van der Waals surface area contributed by atoms with Gasteiger partial charge in [-0.2, -0.15) is 0 Å². The average Bonchev–Trinajstić information content (AvgIpc) is 2.24. The predicted molar refractivity (Wildman–Crippen MR) is 60.1 cm³/mol. The van der Waals surface area contributed by atoms with Crippen molar-refractivity contribution in [3.63, 3.8) is 0 Å². The highest BCUT2D eigenvalue weighted by molar-refractivity contribution is 6.29. The van der Waals surface area contributed by atoms with Gasteiger partial charge in [-0.25, -0.2) is 9.37 Å². The standard InChI is InChI=1S/C11H8ClFN2O/c12-11-6-8(3-4-15-11)16-7-1-2-9(13)10(14)5-7/h1-6H,14H2. The van der Waals surface area contributed by atoms with Crippen LogP contribution in [0.3, 0.4) is 0 Å². The number of hydrogen-bond donors (Lipinski definition) is 1. The van der Waals surface area contributed by atoms with E-state index in [1.54, 1.807) is 12.1 Å². The van der Waals surface area contributed by atoms with Crippen LogP contribution in [0, 0.1) is 5.82 Å². The van der Waals surface area contributed by atoms with Crippen molar-refractivity contribution in [1.82, 2.24) is 4.98 Å². The fraction of sp³-hybridized carbons (Fsp3) is 0. The van der Waals surface area contributed by atoms with Gasteiger partial charge < -0.3 is 10.5 Å². The van der Waals surface area contributed by atoms with Crippen LogP contribution in [0.1, 0.15) is 0 Å². The van der Waals surface area contributed by atoms with Crippen LogP contribution in [-0.2, 0) is 0 Å². The lowest BCUT2D eigenvalue weighted by molar-refractivity contribution is 0.480. The topological polar surface area (TPSA) is 48.1 Å². The zero-order valence-electron chi connectivity index (χ0n) is 8.15. The summed E-state index contributed by atoms with van der Waals surface area (Å²) in [6, 6.07) is 7.34. The van der Waals surface area contributed by atoms with Gasteiger partial charge in [0.2, 0.25) is 0 Å². The van der Waals surface area contributed by atoms with Gasteiger partial charge in [0.1, 0.15) is 22.5 Å². The molecule has 1 aromatic heterocycles. The van der Waals surface area contributed by atoms with Gasteiger partial charge in [-0.15, -0.1) is 0 Å². The van der Waals surface area contributed by atoms with Crippen molar-refractivity contribution in [2.75, 3.05) is 5.73 Å². The van der Waals surface area contributed by atoms with E-state index in [1.807, 2.05) is 0 Å². The summed E-state index contributed by atoms with van der Waals surface area (Å²) < 4.78 is 18.3. The summed E-state index contributed by atoms with van der Waals surface area (Å²) in [5, 5.41) is 0.326. The van der Waals surface area contributed by atoms with Crippen LogP contribution < -0.4 is 10.5 Å². The number of nitrogens with two attached hydrogens (primary N) is 1. The Morgan fingerprint density at radius 2 is 1.94 bits per heavy atom. The first-order valence-electron chi connectivity index (χ1n) is 4.49. The van der Waals surface area contributed by atoms with Crippen molar-refractivity contribution in [2.24, 2.45) is 0 Å². The Balaban J connectivity index is 2.24. The first-order valence-corrected chi connectivity index (χ1v) is 4.87. The molecule has 0 amide bonds. The SMILES string of the molecule is Nc1cc(Oc2ccnc(Cl)c2)ccc1F. The van der Waals surface area contributed by atoms with E-state index in [0.29, 0.717) is 16.7 Å². The molecule has 82 valence electrons. The normalized spacial score (nSPS) is 10.1. The average molecular weight is 239 g/mol. The van der Waals surface area contributed by atoms with E-state index in [-0.39, 0.29) is 5.69 Å². The monoisotopic (exact) mass is 238 g/mol. The lowest BCUT2D eigenvalue weighted by Crippen LogP contribution is -1.92. The molecule has 0 atom stereocenters. The molecule has 5 heteroatoms. The molecule has 0 aliphatic rings. The van der Waals surface area contributed by atoms with Crippen molar-refractivity contribution in [3.8, 4) is 11.5 Å². The van der Waals surface area contributed by atoms with Crippen LogP contribution in [0.15, 0.2) is 36.5 Å². The Morgan fingerprint density at radius 3 is 2.62 bits per heavy atom. The zero-order chi connectivity index (χ0) is 11.5. The van der Waals surface area contributed by atoms with Crippen LogP contribution in [0.25, 0.3) is 0 Å². The Bertz CT molecular complexity index is 519. The fourth-order valence-corrected chi connectivity index (χ4v) is 1.33. The molecular weight excluding hydrogens is 231 g/mol. The highest BCUT2D eigenvalue weighted by atomic mass is 35.5. The van der Waals surface area contributed by atoms with Crippen LogP contribution in [0.4, 0.5) is 10.1 Å². The minimum Gasteiger partial charge on any atom is -0.457 e. The van der Waals surface area contributed by atoms with Gasteiger partial charge >= 0.3 is 0 Å². The molecule has 0 unspecified atom stereocenters.